The van der Waals surface area contributed by atoms with Crippen LogP contribution in [0.25, 0.3) is 0 Å². The fourth-order valence-electron chi connectivity index (χ4n) is 2.88. The van der Waals surface area contributed by atoms with Gasteiger partial charge in [-0.1, -0.05) is 19.3 Å². The van der Waals surface area contributed by atoms with Crippen LogP contribution in [0.1, 0.15) is 45.4 Å². The largest absolute Gasteiger partial charge is 0.308 e. The van der Waals surface area contributed by atoms with E-state index in [0.717, 1.165) is 6.42 Å². The first-order chi connectivity index (χ1) is 6.99. The Bertz CT molecular complexity index is 317. The topological polar surface area (TPSA) is 46.2 Å². The Hall–Kier alpha value is -0.0900. The molecule has 1 aliphatic carbocycles. The van der Waals surface area contributed by atoms with Crippen LogP contribution >= 0.6 is 0 Å². The number of hydrogen-bond acceptors (Lipinski definition) is 3. The highest BCUT2D eigenvalue weighted by molar-refractivity contribution is 7.91. The van der Waals surface area contributed by atoms with Crippen LogP contribution < -0.4 is 5.32 Å². The molecule has 2 fully saturated rings. The number of sulfone groups is 1. The molecule has 1 heterocycles. The van der Waals surface area contributed by atoms with Crippen molar-refractivity contribution in [2.24, 2.45) is 0 Å². The zero-order valence-electron chi connectivity index (χ0n) is 9.46. The van der Waals surface area contributed by atoms with Gasteiger partial charge in [0, 0.05) is 11.6 Å². The highest BCUT2D eigenvalue weighted by Crippen LogP contribution is 2.29. The van der Waals surface area contributed by atoms with Crippen LogP contribution in [0.3, 0.4) is 0 Å². The van der Waals surface area contributed by atoms with Crippen molar-refractivity contribution >= 4 is 9.84 Å². The monoisotopic (exact) mass is 231 g/mol. The van der Waals surface area contributed by atoms with Crippen molar-refractivity contribution in [3.63, 3.8) is 0 Å². The summed E-state index contributed by atoms with van der Waals surface area (Å²) in [5.74, 6) is 0.726. The van der Waals surface area contributed by atoms with Crippen LogP contribution in [0.15, 0.2) is 0 Å². The van der Waals surface area contributed by atoms with Crippen LogP contribution in [0.5, 0.6) is 0 Å². The van der Waals surface area contributed by atoms with Crippen molar-refractivity contribution in [3.05, 3.63) is 0 Å². The van der Waals surface area contributed by atoms with Crippen molar-refractivity contribution in [2.75, 3.05) is 11.5 Å². The smallest absolute Gasteiger partial charge is 0.151 e. The van der Waals surface area contributed by atoms with Gasteiger partial charge in [0.1, 0.15) is 0 Å². The van der Waals surface area contributed by atoms with Crippen molar-refractivity contribution in [3.8, 4) is 0 Å². The van der Waals surface area contributed by atoms with E-state index in [2.05, 4.69) is 12.2 Å². The Morgan fingerprint density at radius 1 is 1.20 bits per heavy atom. The summed E-state index contributed by atoms with van der Waals surface area (Å²) in [7, 11) is -2.74. The summed E-state index contributed by atoms with van der Waals surface area (Å²) in [6.07, 6.45) is 7.09. The molecule has 1 saturated carbocycles. The van der Waals surface area contributed by atoms with Gasteiger partial charge in [0.2, 0.25) is 0 Å². The minimum absolute atomic E-state index is 0.197. The van der Waals surface area contributed by atoms with Crippen LogP contribution in [0.4, 0.5) is 0 Å². The van der Waals surface area contributed by atoms with Gasteiger partial charge in [-0.25, -0.2) is 8.42 Å². The maximum atomic E-state index is 11.3. The summed E-state index contributed by atoms with van der Waals surface area (Å²) < 4.78 is 22.7. The van der Waals surface area contributed by atoms with E-state index < -0.39 is 9.84 Å². The number of nitrogens with one attached hydrogen (secondary N) is 1. The zero-order chi connectivity index (χ0) is 10.9. The molecule has 0 radical (unpaired) electrons. The summed E-state index contributed by atoms with van der Waals surface area (Å²) >= 11 is 0. The summed E-state index contributed by atoms with van der Waals surface area (Å²) in [6.45, 7) is 2.25. The van der Waals surface area contributed by atoms with E-state index >= 15 is 0 Å². The molecular formula is C11H21NO2S. The minimum atomic E-state index is -2.74. The van der Waals surface area contributed by atoms with Gasteiger partial charge >= 0.3 is 0 Å². The summed E-state index contributed by atoms with van der Waals surface area (Å²) in [5, 5.41) is 3.57. The van der Waals surface area contributed by atoms with Gasteiger partial charge in [-0.15, -0.1) is 0 Å². The summed E-state index contributed by atoms with van der Waals surface area (Å²) in [5.41, 5.74) is 0.197. The lowest BCUT2D eigenvalue weighted by molar-refractivity contribution is 0.234. The van der Waals surface area contributed by atoms with Crippen LogP contribution in [0.2, 0.25) is 0 Å². The van der Waals surface area contributed by atoms with Gasteiger partial charge in [0.15, 0.2) is 9.84 Å². The lowest BCUT2D eigenvalue weighted by atomic mass is 9.83. The normalized spacial score (nSPS) is 34.1. The summed E-state index contributed by atoms with van der Waals surface area (Å²) in [4.78, 5) is 0. The molecule has 0 aromatic carbocycles. The Balaban J connectivity index is 1.91. The van der Waals surface area contributed by atoms with Crippen molar-refractivity contribution in [1.82, 2.24) is 5.32 Å². The molecule has 1 aliphatic heterocycles. The Kier molecular flexibility index (Phi) is 3.08. The third-order valence-corrected chi connectivity index (χ3v) is 5.51. The third kappa shape index (κ3) is 2.94. The quantitative estimate of drug-likeness (QED) is 0.783. The molecule has 4 heteroatoms. The first kappa shape index (κ1) is 11.4. The number of rotatable bonds is 2. The van der Waals surface area contributed by atoms with E-state index in [1.807, 2.05) is 0 Å². The second-order valence-corrected chi connectivity index (χ2v) is 7.59. The van der Waals surface area contributed by atoms with Crippen molar-refractivity contribution in [2.45, 2.75) is 57.0 Å². The molecule has 0 aromatic rings. The van der Waals surface area contributed by atoms with Crippen molar-refractivity contribution < 1.29 is 8.42 Å². The molecule has 1 unspecified atom stereocenters. The Labute approximate surface area is 92.6 Å². The van der Waals surface area contributed by atoms with Gasteiger partial charge in [0.25, 0.3) is 0 Å². The first-order valence-corrected chi connectivity index (χ1v) is 7.79. The van der Waals surface area contributed by atoms with Gasteiger partial charge < -0.3 is 5.32 Å². The molecule has 0 aromatic heterocycles. The predicted molar refractivity (Wildman–Crippen MR) is 61.7 cm³/mol. The lowest BCUT2D eigenvalue weighted by Gasteiger charge is -2.37. The van der Waals surface area contributed by atoms with Crippen LogP contribution in [-0.4, -0.2) is 31.5 Å². The fourth-order valence-corrected chi connectivity index (χ4v) is 4.55. The fraction of sp³-hybridized carbons (Fsp3) is 1.00. The molecule has 15 heavy (non-hydrogen) atoms. The molecule has 2 aliphatic rings. The highest BCUT2D eigenvalue weighted by atomic mass is 32.2. The standard InChI is InChI=1S/C11H21NO2S/c1-11(6-3-2-4-7-11)12-10-5-8-15(13,14)9-10/h10,12H,2-9H2,1H3. The molecule has 0 spiro atoms. The van der Waals surface area contributed by atoms with Crippen LogP contribution in [-0.2, 0) is 9.84 Å². The molecule has 88 valence electrons. The van der Waals surface area contributed by atoms with Crippen molar-refractivity contribution in [1.29, 1.82) is 0 Å². The third-order valence-electron chi connectivity index (χ3n) is 3.74. The van der Waals surface area contributed by atoms with E-state index in [1.54, 1.807) is 0 Å². The second-order valence-electron chi connectivity index (χ2n) is 5.37. The van der Waals surface area contributed by atoms with Gasteiger partial charge in [0.05, 0.1) is 11.5 Å². The van der Waals surface area contributed by atoms with E-state index in [-0.39, 0.29) is 11.6 Å². The van der Waals surface area contributed by atoms with E-state index in [9.17, 15) is 8.42 Å². The highest BCUT2D eigenvalue weighted by Gasteiger charge is 2.34. The Morgan fingerprint density at radius 2 is 1.87 bits per heavy atom. The SMILES string of the molecule is CC1(NC2CCS(=O)(=O)C2)CCCCC1. The molecule has 3 nitrogen and oxygen atoms in total. The molecule has 1 saturated heterocycles. The Morgan fingerprint density at radius 3 is 2.40 bits per heavy atom. The average molecular weight is 231 g/mol. The average Bonchev–Trinajstić information content (AvgIpc) is 2.45. The summed E-state index contributed by atoms with van der Waals surface area (Å²) in [6, 6.07) is 0.207. The van der Waals surface area contributed by atoms with Gasteiger partial charge in [-0.2, -0.15) is 0 Å². The van der Waals surface area contributed by atoms with Gasteiger partial charge in [-0.05, 0) is 26.2 Å². The zero-order valence-corrected chi connectivity index (χ0v) is 10.3. The maximum Gasteiger partial charge on any atom is 0.151 e. The maximum absolute atomic E-state index is 11.3. The first-order valence-electron chi connectivity index (χ1n) is 5.97. The molecule has 0 bridgehead atoms. The molecular weight excluding hydrogens is 210 g/mol. The molecule has 0 amide bonds. The molecule has 1 N–H and O–H groups in total. The molecule has 1 atom stereocenters. The van der Waals surface area contributed by atoms with Crippen LogP contribution in [0, 0.1) is 0 Å². The second kappa shape index (κ2) is 4.06. The predicted octanol–water partition coefficient (Wildman–Crippen LogP) is 1.49. The lowest BCUT2D eigenvalue weighted by Crippen LogP contribution is -2.49. The molecule has 2 rings (SSSR count). The number of hydrogen-bond donors (Lipinski definition) is 1. The van der Waals surface area contributed by atoms with E-state index in [4.69, 9.17) is 0 Å². The minimum Gasteiger partial charge on any atom is -0.308 e. The van der Waals surface area contributed by atoms with E-state index in [1.165, 1.54) is 32.1 Å². The van der Waals surface area contributed by atoms with Gasteiger partial charge in [-0.3, -0.25) is 0 Å². The van der Waals surface area contributed by atoms with E-state index in [0.29, 0.717) is 11.5 Å².